The number of ether oxygens (including phenoxy) is 1. The topological polar surface area (TPSA) is 111 Å². The number of carbonyl (C=O) groups excluding carboxylic acids is 3. The van der Waals surface area contributed by atoms with Crippen LogP contribution in [0.1, 0.15) is 65.7 Å². The first-order valence-electron chi connectivity index (χ1n) is 12.4. The van der Waals surface area contributed by atoms with E-state index in [1.807, 2.05) is 0 Å². The fraction of sp³-hybridized carbons (Fsp3) is 0.276. The lowest BCUT2D eigenvalue weighted by Crippen LogP contribution is -2.40. The van der Waals surface area contributed by atoms with E-state index in [2.05, 4.69) is 17.6 Å². The molecule has 0 aliphatic carbocycles. The maximum atomic E-state index is 13.2. The van der Waals surface area contributed by atoms with Gasteiger partial charge in [-0.2, -0.15) is 0 Å². The summed E-state index contributed by atoms with van der Waals surface area (Å²) in [5, 5.41) is 6.75. The first-order chi connectivity index (χ1) is 18.3. The molecule has 0 saturated carbocycles. The summed E-state index contributed by atoms with van der Waals surface area (Å²) < 4.78 is 5.84. The van der Waals surface area contributed by atoms with Gasteiger partial charge in [-0.3, -0.25) is 14.4 Å². The predicted octanol–water partition coefficient (Wildman–Crippen LogP) is 5.73. The Morgan fingerprint density at radius 3 is 2.18 bits per heavy atom. The number of benzene rings is 3. The lowest BCUT2D eigenvalue weighted by Gasteiger charge is -2.20. The average Bonchev–Trinajstić information content (AvgIpc) is 2.91. The van der Waals surface area contributed by atoms with Crippen LogP contribution in [0.3, 0.4) is 0 Å². The molecule has 4 N–H and O–H groups in total. The molecule has 0 bridgehead atoms. The Kier molecular flexibility index (Phi) is 11.0. The summed E-state index contributed by atoms with van der Waals surface area (Å²) in [5.74, 6) is -0.510. The molecule has 38 heavy (non-hydrogen) atoms. The van der Waals surface area contributed by atoms with Gasteiger partial charge < -0.3 is 21.1 Å². The quantitative estimate of drug-likeness (QED) is 0.234. The molecule has 9 heteroatoms. The molecule has 0 fully saturated rings. The Labute approximate surface area is 232 Å². The van der Waals surface area contributed by atoms with E-state index < -0.39 is 11.9 Å². The van der Waals surface area contributed by atoms with Gasteiger partial charge in [0, 0.05) is 34.1 Å². The van der Waals surface area contributed by atoms with Gasteiger partial charge in [0.05, 0.1) is 0 Å². The van der Waals surface area contributed by atoms with Crippen molar-refractivity contribution in [1.82, 2.24) is 10.6 Å². The third kappa shape index (κ3) is 8.50. The Balaban J connectivity index is 1.69. The Bertz CT molecular complexity index is 1230. The molecule has 0 aliphatic heterocycles. The predicted molar refractivity (Wildman–Crippen MR) is 149 cm³/mol. The average molecular weight is 556 g/mol. The van der Waals surface area contributed by atoms with E-state index in [1.54, 1.807) is 66.7 Å². The van der Waals surface area contributed by atoms with Crippen molar-refractivity contribution in [3.63, 3.8) is 0 Å². The normalized spacial score (nSPS) is 11.4. The van der Waals surface area contributed by atoms with Crippen molar-refractivity contribution in [3.8, 4) is 5.75 Å². The third-order valence-electron chi connectivity index (χ3n) is 5.94. The zero-order valence-electron chi connectivity index (χ0n) is 21.1. The van der Waals surface area contributed by atoms with Crippen molar-refractivity contribution in [3.05, 3.63) is 99.0 Å². The van der Waals surface area contributed by atoms with Crippen LogP contribution in [0.4, 0.5) is 0 Å². The van der Waals surface area contributed by atoms with Crippen molar-refractivity contribution in [2.75, 3.05) is 0 Å². The summed E-state index contributed by atoms with van der Waals surface area (Å²) in [6.07, 6.45) is 3.02. The highest BCUT2D eigenvalue weighted by atomic mass is 35.5. The van der Waals surface area contributed by atoms with Gasteiger partial charge in [0.25, 0.3) is 0 Å². The standard InChI is InChI=1S/C29H31Cl2N3O4/c1-2-3-4-8-26(35)34-27(29(37)33-17-19-9-11-21(12-10-19)28(32)36)20-13-15-22(16-14-20)38-18-23-24(30)6-5-7-25(23)31/h5-7,9-16,27H,2-4,8,17-18H2,1H3,(H2,32,36)(H,33,37)(H,34,35)/t27-/m0/s1. The Morgan fingerprint density at radius 2 is 1.58 bits per heavy atom. The summed E-state index contributed by atoms with van der Waals surface area (Å²) in [6.45, 7) is 2.47. The molecule has 3 aromatic carbocycles. The van der Waals surface area contributed by atoms with Crippen LogP contribution in [0, 0.1) is 0 Å². The minimum Gasteiger partial charge on any atom is -0.489 e. The van der Waals surface area contributed by atoms with Gasteiger partial charge in [0.15, 0.2) is 0 Å². The second-order valence-electron chi connectivity index (χ2n) is 8.79. The van der Waals surface area contributed by atoms with Crippen molar-refractivity contribution in [2.45, 2.75) is 51.8 Å². The van der Waals surface area contributed by atoms with E-state index in [1.165, 1.54) is 0 Å². The second-order valence-corrected chi connectivity index (χ2v) is 9.61. The molecule has 0 aliphatic rings. The molecule has 200 valence electrons. The number of hydrogen-bond acceptors (Lipinski definition) is 4. The number of amides is 3. The van der Waals surface area contributed by atoms with Gasteiger partial charge in [-0.15, -0.1) is 0 Å². The van der Waals surface area contributed by atoms with E-state index in [-0.39, 0.29) is 25.0 Å². The van der Waals surface area contributed by atoms with Crippen molar-refractivity contribution >= 4 is 40.9 Å². The van der Waals surface area contributed by atoms with Crippen LogP contribution in [0.2, 0.25) is 10.0 Å². The van der Waals surface area contributed by atoms with Gasteiger partial charge >= 0.3 is 0 Å². The molecular formula is C29H31Cl2N3O4. The summed E-state index contributed by atoms with van der Waals surface area (Å²) >= 11 is 12.4. The first-order valence-corrected chi connectivity index (χ1v) is 13.2. The van der Waals surface area contributed by atoms with Crippen LogP contribution in [-0.4, -0.2) is 17.7 Å². The number of unbranched alkanes of at least 4 members (excludes halogenated alkanes) is 2. The van der Waals surface area contributed by atoms with Crippen LogP contribution in [0.15, 0.2) is 66.7 Å². The summed E-state index contributed by atoms with van der Waals surface area (Å²) in [7, 11) is 0. The molecule has 7 nitrogen and oxygen atoms in total. The molecule has 0 aromatic heterocycles. The summed E-state index contributed by atoms with van der Waals surface area (Å²) in [6, 6.07) is 17.9. The second kappa shape index (κ2) is 14.4. The fourth-order valence-corrected chi connectivity index (χ4v) is 4.24. The molecule has 0 radical (unpaired) electrons. The van der Waals surface area contributed by atoms with Gasteiger partial charge in [-0.1, -0.05) is 73.3 Å². The number of hydrogen-bond donors (Lipinski definition) is 3. The summed E-state index contributed by atoms with van der Waals surface area (Å²) in [4.78, 5) is 37.0. The van der Waals surface area contributed by atoms with E-state index in [4.69, 9.17) is 33.7 Å². The van der Waals surface area contributed by atoms with Gasteiger partial charge in [-0.25, -0.2) is 0 Å². The molecule has 3 amide bonds. The number of rotatable bonds is 13. The van der Waals surface area contributed by atoms with Gasteiger partial charge in [0.2, 0.25) is 17.7 Å². The molecule has 0 saturated heterocycles. The minimum absolute atomic E-state index is 0.185. The Morgan fingerprint density at radius 1 is 0.921 bits per heavy atom. The molecule has 1 atom stereocenters. The fourth-order valence-electron chi connectivity index (χ4n) is 3.73. The van der Waals surface area contributed by atoms with Crippen LogP contribution >= 0.6 is 23.2 Å². The zero-order chi connectivity index (χ0) is 27.5. The zero-order valence-corrected chi connectivity index (χ0v) is 22.6. The van der Waals surface area contributed by atoms with Crippen LogP contribution in [0.5, 0.6) is 5.75 Å². The number of carbonyl (C=O) groups is 3. The van der Waals surface area contributed by atoms with Gasteiger partial charge in [-0.05, 0) is 53.9 Å². The lowest BCUT2D eigenvalue weighted by molar-refractivity contribution is -0.129. The number of nitrogens with one attached hydrogen (secondary N) is 2. The first kappa shape index (κ1) is 29.0. The molecule has 0 heterocycles. The van der Waals surface area contributed by atoms with Crippen molar-refractivity contribution in [1.29, 1.82) is 0 Å². The summed E-state index contributed by atoms with van der Waals surface area (Å²) in [5.41, 5.74) is 7.75. The van der Waals surface area contributed by atoms with E-state index >= 15 is 0 Å². The lowest BCUT2D eigenvalue weighted by atomic mass is 10.0. The number of nitrogens with two attached hydrogens (primary N) is 1. The SMILES string of the molecule is CCCCCC(=O)N[C@H](C(=O)NCc1ccc(C(N)=O)cc1)c1ccc(OCc2c(Cl)cccc2Cl)cc1. The van der Waals surface area contributed by atoms with E-state index in [0.29, 0.717) is 38.9 Å². The maximum Gasteiger partial charge on any atom is 0.248 e. The van der Waals surface area contributed by atoms with Crippen molar-refractivity contribution in [2.24, 2.45) is 5.73 Å². The molecule has 0 unspecified atom stereocenters. The number of halogens is 2. The minimum atomic E-state index is -0.888. The number of primary amides is 1. The highest BCUT2D eigenvalue weighted by molar-refractivity contribution is 6.35. The van der Waals surface area contributed by atoms with Crippen LogP contribution < -0.4 is 21.1 Å². The molecule has 3 rings (SSSR count). The molecule has 0 spiro atoms. The Hall–Kier alpha value is -3.55. The van der Waals surface area contributed by atoms with Gasteiger partial charge in [0.1, 0.15) is 18.4 Å². The van der Waals surface area contributed by atoms with E-state index in [9.17, 15) is 14.4 Å². The molecule has 3 aromatic rings. The largest absolute Gasteiger partial charge is 0.489 e. The smallest absolute Gasteiger partial charge is 0.248 e. The van der Waals surface area contributed by atoms with Crippen LogP contribution in [-0.2, 0) is 22.7 Å². The maximum absolute atomic E-state index is 13.2. The van der Waals surface area contributed by atoms with E-state index in [0.717, 1.165) is 24.8 Å². The highest BCUT2D eigenvalue weighted by Gasteiger charge is 2.23. The monoisotopic (exact) mass is 555 g/mol. The van der Waals surface area contributed by atoms with Crippen molar-refractivity contribution < 1.29 is 19.1 Å². The highest BCUT2D eigenvalue weighted by Crippen LogP contribution is 2.26. The van der Waals surface area contributed by atoms with Crippen LogP contribution in [0.25, 0.3) is 0 Å². The molecular weight excluding hydrogens is 525 g/mol. The third-order valence-corrected chi connectivity index (χ3v) is 6.65.